The predicted molar refractivity (Wildman–Crippen MR) is 99.1 cm³/mol. The van der Waals surface area contributed by atoms with Gasteiger partial charge in [0.2, 0.25) is 5.91 Å². The number of nitro benzene ring substituents is 1. The standard InChI is InChI=1S/C18H17N3O3S/c1-11(2)13-5-3-12(4-6-13)9-17(22)20-18-19-15-10-14(21(23)24)7-8-16(15)25-18/h3-8,10-11H,9H2,1-2H3,(H,19,20,22). The molecule has 7 heteroatoms. The number of carbonyl (C=O) groups is 1. The lowest BCUT2D eigenvalue weighted by Crippen LogP contribution is -2.14. The van der Waals surface area contributed by atoms with E-state index in [1.807, 2.05) is 24.3 Å². The molecule has 0 radical (unpaired) electrons. The maximum absolute atomic E-state index is 12.2. The van der Waals surface area contributed by atoms with Crippen LogP contribution in [0.4, 0.5) is 10.8 Å². The number of nitrogens with zero attached hydrogens (tertiary/aromatic N) is 2. The lowest BCUT2D eigenvalue weighted by Gasteiger charge is -2.06. The first-order valence-corrected chi connectivity index (χ1v) is 8.67. The van der Waals surface area contributed by atoms with Crippen LogP contribution in [0.1, 0.15) is 30.9 Å². The van der Waals surface area contributed by atoms with Gasteiger partial charge in [-0.3, -0.25) is 14.9 Å². The van der Waals surface area contributed by atoms with Crippen LogP contribution in [0.25, 0.3) is 10.2 Å². The van der Waals surface area contributed by atoms with Gasteiger partial charge >= 0.3 is 0 Å². The number of nitro groups is 1. The molecule has 0 aliphatic heterocycles. The third-order valence-electron chi connectivity index (χ3n) is 3.84. The molecule has 0 fully saturated rings. The third-order valence-corrected chi connectivity index (χ3v) is 4.79. The minimum atomic E-state index is -0.460. The third kappa shape index (κ3) is 4.00. The molecule has 128 valence electrons. The topological polar surface area (TPSA) is 85.1 Å². The predicted octanol–water partition coefficient (Wildman–Crippen LogP) is 4.51. The number of fused-ring (bicyclic) bond motifs is 1. The van der Waals surface area contributed by atoms with Gasteiger partial charge in [0.25, 0.3) is 5.69 Å². The second kappa shape index (κ2) is 6.98. The van der Waals surface area contributed by atoms with Gasteiger partial charge in [0.1, 0.15) is 0 Å². The Morgan fingerprint density at radius 1 is 1.24 bits per heavy atom. The van der Waals surface area contributed by atoms with Crippen molar-refractivity contribution in [1.82, 2.24) is 4.98 Å². The fourth-order valence-corrected chi connectivity index (χ4v) is 3.31. The van der Waals surface area contributed by atoms with Crippen LogP contribution in [-0.2, 0) is 11.2 Å². The van der Waals surface area contributed by atoms with Gasteiger partial charge in [0.05, 0.1) is 21.6 Å². The minimum Gasteiger partial charge on any atom is -0.302 e. The number of hydrogen-bond donors (Lipinski definition) is 1. The highest BCUT2D eigenvalue weighted by atomic mass is 32.1. The first kappa shape index (κ1) is 17.0. The Balaban J connectivity index is 1.70. The summed E-state index contributed by atoms with van der Waals surface area (Å²) in [6, 6.07) is 12.5. The van der Waals surface area contributed by atoms with Crippen LogP contribution in [0, 0.1) is 10.1 Å². The number of amides is 1. The molecule has 1 amide bonds. The van der Waals surface area contributed by atoms with Crippen LogP contribution in [-0.4, -0.2) is 15.8 Å². The van der Waals surface area contributed by atoms with Gasteiger partial charge in [-0.2, -0.15) is 0 Å². The van der Waals surface area contributed by atoms with E-state index in [1.54, 1.807) is 6.07 Å². The summed E-state index contributed by atoms with van der Waals surface area (Å²) in [5.74, 6) is 0.292. The van der Waals surface area contributed by atoms with Gasteiger partial charge < -0.3 is 5.32 Å². The van der Waals surface area contributed by atoms with Crippen molar-refractivity contribution in [3.8, 4) is 0 Å². The molecule has 3 rings (SSSR count). The largest absolute Gasteiger partial charge is 0.302 e. The lowest BCUT2D eigenvalue weighted by molar-refractivity contribution is -0.384. The maximum Gasteiger partial charge on any atom is 0.271 e. The summed E-state index contributed by atoms with van der Waals surface area (Å²) in [7, 11) is 0. The van der Waals surface area contributed by atoms with Crippen molar-refractivity contribution in [2.24, 2.45) is 0 Å². The van der Waals surface area contributed by atoms with Gasteiger partial charge in [-0.1, -0.05) is 49.4 Å². The van der Waals surface area contributed by atoms with Gasteiger partial charge in [-0.15, -0.1) is 0 Å². The Labute approximate surface area is 148 Å². The van der Waals surface area contributed by atoms with Gasteiger partial charge in [-0.05, 0) is 23.1 Å². The molecule has 0 aliphatic carbocycles. The zero-order valence-electron chi connectivity index (χ0n) is 13.9. The van der Waals surface area contributed by atoms with Crippen LogP contribution < -0.4 is 5.32 Å². The number of hydrogen-bond acceptors (Lipinski definition) is 5. The Bertz CT molecular complexity index is 932. The summed E-state index contributed by atoms with van der Waals surface area (Å²) in [4.78, 5) is 26.8. The molecule has 0 saturated heterocycles. The van der Waals surface area contributed by atoms with Crippen molar-refractivity contribution >= 4 is 38.3 Å². The maximum atomic E-state index is 12.2. The molecule has 1 aromatic heterocycles. The Hall–Kier alpha value is -2.80. The first-order valence-electron chi connectivity index (χ1n) is 7.86. The molecule has 3 aromatic rings. The number of aromatic nitrogens is 1. The summed E-state index contributed by atoms with van der Waals surface area (Å²) in [6.07, 6.45) is 0.258. The van der Waals surface area contributed by atoms with E-state index in [0.29, 0.717) is 16.6 Å². The van der Waals surface area contributed by atoms with E-state index in [-0.39, 0.29) is 18.0 Å². The van der Waals surface area contributed by atoms with Crippen LogP contribution in [0.15, 0.2) is 42.5 Å². The van der Waals surface area contributed by atoms with Crippen LogP contribution in [0.2, 0.25) is 0 Å². The molecule has 1 heterocycles. The van der Waals surface area contributed by atoms with Gasteiger partial charge in [-0.25, -0.2) is 4.98 Å². The summed E-state index contributed by atoms with van der Waals surface area (Å²) in [5.41, 5.74) is 2.66. The minimum absolute atomic E-state index is 0.0130. The molecule has 0 aliphatic rings. The highest BCUT2D eigenvalue weighted by Gasteiger charge is 2.12. The van der Waals surface area contributed by atoms with Crippen molar-refractivity contribution in [3.63, 3.8) is 0 Å². The van der Waals surface area contributed by atoms with Crippen LogP contribution in [0.5, 0.6) is 0 Å². The summed E-state index contributed by atoms with van der Waals surface area (Å²) in [5, 5.41) is 14.0. The summed E-state index contributed by atoms with van der Waals surface area (Å²) >= 11 is 1.30. The summed E-state index contributed by atoms with van der Waals surface area (Å²) in [6.45, 7) is 4.25. The highest BCUT2D eigenvalue weighted by Crippen LogP contribution is 2.28. The van der Waals surface area contributed by atoms with Crippen molar-refractivity contribution in [1.29, 1.82) is 0 Å². The molecule has 6 nitrogen and oxygen atoms in total. The molecule has 1 N–H and O–H groups in total. The quantitative estimate of drug-likeness (QED) is 0.539. The second-order valence-corrected chi connectivity index (χ2v) is 7.08. The molecular formula is C18H17N3O3S. The van der Waals surface area contributed by atoms with Crippen LogP contribution in [0.3, 0.4) is 0 Å². The smallest absolute Gasteiger partial charge is 0.271 e. The lowest BCUT2D eigenvalue weighted by atomic mass is 10.0. The van der Waals surface area contributed by atoms with Crippen molar-refractivity contribution in [3.05, 3.63) is 63.7 Å². The number of benzene rings is 2. The van der Waals surface area contributed by atoms with Gasteiger partial charge in [0.15, 0.2) is 5.13 Å². The fourth-order valence-electron chi connectivity index (χ4n) is 2.45. The number of non-ortho nitro benzene ring substituents is 1. The van der Waals surface area contributed by atoms with E-state index < -0.39 is 4.92 Å². The highest BCUT2D eigenvalue weighted by molar-refractivity contribution is 7.22. The Kier molecular flexibility index (Phi) is 4.76. The SMILES string of the molecule is CC(C)c1ccc(CC(=O)Nc2nc3cc([N+](=O)[O-])ccc3s2)cc1. The number of carbonyl (C=O) groups excluding carboxylic acids is 1. The number of nitrogens with one attached hydrogen (secondary N) is 1. The van der Waals surface area contributed by atoms with Crippen LogP contribution >= 0.6 is 11.3 Å². The molecule has 0 unspecified atom stereocenters. The van der Waals surface area contributed by atoms with E-state index in [0.717, 1.165) is 10.3 Å². The Morgan fingerprint density at radius 3 is 2.60 bits per heavy atom. The van der Waals surface area contributed by atoms with Crippen molar-refractivity contribution < 1.29 is 9.72 Å². The van der Waals surface area contributed by atoms with E-state index in [4.69, 9.17) is 0 Å². The molecule has 0 saturated carbocycles. The fraction of sp³-hybridized carbons (Fsp3) is 0.222. The zero-order chi connectivity index (χ0) is 18.0. The second-order valence-electron chi connectivity index (χ2n) is 6.05. The van der Waals surface area contributed by atoms with Crippen molar-refractivity contribution in [2.75, 3.05) is 5.32 Å². The summed E-state index contributed by atoms with van der Waals surface area (Å²) < 4.78 is 0.794. The zero-order valence-corrected chi connectivity index (χ0v) is 14.7. The first-order chi connectivity index (χ1) is 11.9. The monoisotopic (exact) mass is 355 g/mol. The van der Waals surface area contributed by atoms with E-state index >= 15 is 0 Å². The number of thiazole rings is 1. The molecule has 0 spiro atoms. The normalized spacial score (nSPS) is 11.0. The molecule has 2 aromatic carbocycles. The van der Waals surface area contributed by atoms with E-state index in [1.165, 1.54) is 29.0 Å². The molecule has 0 bridgehead atoms. The average molecular weight is 355 g/mol. The van der Waals surface area contributed by atoms with E-state index in [2.05, 4.69) is 24.1 Å². The van der Waals surface area contributed by atoms with Crippen molar-refractivity contribution in [2.45, 2.75) is 26.2 Å². The molecular weight excluding hydrogens is 338 g/mol. The number of anilines is 1. The average Bonchev–Trinajstić information content (AvgIpc) is 2.96. The van der Waals surface area contributed by atoms with E-state index in [9.17, 15) is 14.9 Å². The molecule has 0 atom stereocenters. The Morgan fingerprint density at radius 2 is 1.96 bits per heavy atom. The van der Waals surface area contributed by atoms with Gasteiger partial charge in [0, 0.05) is 12.1 Å². The molecule has 25 heavy (non-hydrogen) atoms. The number of rotatable bonds is 5.